The Morgan fingerprint density at radius 2 is 1.70 bits per heavy atom. The van der Waals surface area contributed by atoms with E-state index in [0.29, 0.717) is 0 Å². The van der Waals surface area contributed by atoms with E-state index in [1.165, 1.54) is 18.2 Å². The van der Waals surface area contributed by atoms with Crippen molar-refractivity contribution in [3.8, 4) is 23.0 Å². The second-order valence-corrected chi connectivity index (χ2v) is 4.66. The van der Waals surface area contributed by atoms with E-state index in [9.17, 15) is 20.1 Å². The average Bonchev–Trinajstić information content (AvgIpc) is 2.38. The maximum atomic E-state index is 12.1. The molecule has 0 radical (unpaired) electrons. The van der Waals surface area contributed by atoms with Crippen molar-refractivity contribution in [3.63, 3.8) is 0 Å². The van der Waals surface area contributed by atoms with Crippen LogP contribution in [-0.2, 0) is 0 Å². The van der Waals surface area contributed by atoms with Crippen LogP contribution in [-0.4, -0.2) is 21.1 Å². The number of hydrogen-bond acceptors (Lipinski definition) is 5. The lowest BCUT2D eigenvalue weighted by Gasteiger charge is -2.26. The standard InChI is InChI=1S/C15H12O5/c16-9-3-1-8(2-4-9)13-7-12(19)15-11(18)5-10(17)6-14(15)20-13/h1-6,13,16-18H,7H2/i5+1,6+1,10+1,11+1,14+1,15+1. The first-order valence-electron chi connectivity index (χ1n) is 6.09. The molecule has 0 aromatic heterocycles. The van der Waals surface area contributed by atoms with Crippen molar-refractivity contribution in [2.24, 2.45) is 0 Å². The van der Waals surface area contributed by atoms with Gasteiger partial charge in [0.25, 0.3) is 0 Å². The van der Waals surface area contributed by atoms with Crippen LogP contribution >= 0.6 is 0 Å². The Morgan fingerprint density at radius 3 is 2.40 bits per heavy atom. The van der Waals surface area contributed by atoms with Crippen molar-refractivity contribution < 1.29 is 24.9 Å². The largest absolute Gasteiger partial charge is 0.508 e. The molecule has 5 heteroatoms. The summed E-state index contributed by atoms with van der Waals surface area (Å²) < 4.78 is 5.67. The van der Waals surface area contributed by atoms with Crippen molar-refractivity contribution in [2.45, 2.75) is 12.5 Å². The lowest BCUT2D eigenvalue weighted by molar-refractivity contribution is 0.0845. The number of benzene rings is 2. The number of ether oxygens (including phenoxy) is 1. The fraction of sp³-hybridized carbons (Fsp3) is 0.133. The molecule has 1 atom stereocenters. The zero-order valence-corrected chi connectivity index (χ0v) is 10.4. The lowest BCUT2D eigenvalue weighted by atomic mass is 10.0. The zero-order chi connectivity index (χ0) is 14.3. The molecule has 0 amide bonds. The van der Waals surface area contributed by atoms with Crippen molar-refractivity contribution in [3.05, 3.63) is 47.5 Å². The lowest BCUT2D eigenvalue weighted by Crippen LogP contribution is -2.20. The van der Waals surface area contributed by atoms with Gasteiger partial charge in [0.2, 0.25) is 0 Å². The molecule has 0 fully saturated rings. The summed E-state index contributed by atoms with van der Waals surface area (Å²) in [6.07, 6.45) is -0.410. The number of phenols is 3. The van der Waals surface area contributed by atoms with Crippen molar-refractivity contribution in [1.29, 1.82) is 0 Å². The highest BCUT2D eigenvalue weighted by atomic mass is 16.6. The maximum Gasteiger partial charge on any atom is 0.174 e. The molecule has 3 N–H and O–H groups in total. The molecule has 0 saturated heterocycles. The minimum absolute atomic E-state index is 0.0934. The van der Waals surface area contributed by atoms with Crippen molar-refractivity contribution in [2.75, 3.05) is 0 Å². The van der Waals surface area contributed by atoms with E-state index in [2.05, 4.69) is 0 Å². The number of hydrogen-bond donors (Lipinski definition) is 3. The third kappa shape index (κ3) is 2.03. The third-order valence-electron chi connectivity index (χ3n) is 3.25. The van der Waals surface area contributed by atoms with Crippen LogP contribution in [0, 0.1) is 0 Å². The van der Waals surface area contributed by atoms with Gasteiger partial charge in [-0.05, 0) is 17.7 Å². The SMILES string of the molecule is O=C1CC(c2ccc(O)cc2)O[13c]2[13cH][13c](O)[13cH][13c](O)[13c]21. The van der Waals surface area contributed by atoms with Crippen LogP contribution in [0.2, 0.25) is 0 Å². The van der Waals surface area contributed by atoms with Crippen LogP contribution in [0.25, 0.3) is 0 Å². The molecule has 0 aliphatic carbocycles. The van der Waals surface area contributed by atoms with Gasteiger partial charge in [-0.1, -0.05) is 12.1 Å². The number of aromatic hydroxyl groups is 3. The van der Waals surface area contributed by atoms with Gasteiger partial charge >= 0.3 is 0 Å². The van der Waals surface area contributed by atoms with Gasteiger partial charge in [-0.2, -0.15) is 0 Å². The van der Waals surface area contributed by atoms with E-state index in [1.807, 2.05) is 0 Å². The third-order valence-corrected chi connectivity index (χ3v) is 3.25. The maximum absolute atomic E-state index is 12.1. The summed E-state index contributed by atoms with van der Waals surface area (Å²) in [5.74, 6) is -0.403. The summed E-state index contributed by atoms with van der Waals surface area (Å²) in [6, 6.07) is 8.78. The minimum Gasteiger partial charge on any atom is -0.508 e. The Labute approximate surface area is 114 Å². The van der Waals surface area contributed by atoms with Crippen molar-refractivity contribution >= 4 is 5.78 Å². The van der Waals surface area contributed by atoms with E-state index in [4.69, 9.17) is 4.74 Å². The topological polar surface area (TPSA) is 87.0 Å². The molecule has 2 aromatic carbocycles. The van der Waals surface area contributed by atoms with E-state index in [0.717, 1.165) is 11.6 Å². The highest BCUT2D eigenvalue weighted by molar-refractivity contribution is 6.02. The van der Waals surface area contributed by atoms with Gasteiger partial charge in [0, 0.05) is 12.1 Å². The predicted molar refractivity (Wildman–Crippen MR) is 70.2 cm³/mol. The molecule has 0 saturated carbocycles. The van der Waals surface area contributed by atoms with E-state index >= 15 is 0 Å². The monoisotopic (exact) mass is 278 g/mol. The van der Waals surface area contributed by atoms with Gasteiger partial charge in [-0.3, -0.25) is 4.79 Å². The fourth-order valence-corrected chi connectivity index (χ4v) is 2.30. The van der Waals surface area contributed by atoms with Crippen LogP contribution in [0.3, 0.4) is 0 Å². The Morgan fingerprint density at radius 1 is 1.00 bits per heavy atom. The van der Waals surface area contributed by atoms with Crippen LogP contribution < -0.4 is 4.74 Å². The molecule has 5 nitrogen and oxygen atoms in total. The van der Waals surface area contributed by atoms with E-state index < -0.39 is 6.10 Å². The average molecular weight is 278 g/mol. The molecule has 1 aliphatic rings. The summed E-state index contributed by atoms with van der Waals surface area (Å²) >= 11 is 0. The summed E-state index contributed by atoms with van der Waals surface area (Å²) in [5, 5.41) is 28.4. The van der Waals surface area contributed by atoms with Gasteiger partial charge in [-0.25, -0.2) is 0 Å². The number of Topliss-reactive ketones (excluding diaryl/α,β-unsaturated/α-hetero) is 1. The zero-order valence-electron chi connectivity index (χ0n) is 10.4. The molecule has 0 bridgehead atoms. The molecule has 1 aliphatic heterocycles. The second kappa shape index (κ2) is 4.45. The van der Waals surface area contributed by atoms with Crippen LogP contribution in [0.15, 0.2) is 36.4 Å². The summed E-state index contributed by atoms with van der Waals surface area (Å²) in [5.41, 5.74) is 0.836. The molecule has 1 unspecified atom stereocenters. The van der Waals surface area contributed by atoms with Gasteiger partial charge in [0.05, 0.1) is 6.42 Å². The molecule has 0 spiro atoms. The first-order valence-corrected chi connectivity index (χ1v) is 6.09. The summed E-state index contributed by atoms with van der Waals surface area (Å²) in [4.78, 5) is 12.1. The summed E-state index contributed by atoms with van der Waals surface area (Å²) in [7, 11) is 0. The Kier molecular flexibility index (Phi) is 2.75. The minimum atomic E-state index is -0.503. The predicted octanol–water partition coefficient (Wildman–Crippen LogP) is 2.51. The number of phenolic OH excluding ortho intramolecular Hbond substituents is 3. The number of ketones is 1. The highest BCUT2D eigenvalue weighted by Gasteiger charge is 2.30. The normalized spacial score (nSPS) is 17.4. The fourth-order valence-electron chi connectivity index (χ4n) is 2.30. The van der Waals surface area contributed by atoms with Gasteiger partial charge in [0.1, 0.15) is 34.7 Å². The smallest absolute Gasteiger partial charge is 0.174 e. The molecular formula is C15H12O5. The van der Waals surface area contributed by atoms with E-state index in [1.54, 1.807) is 12.1 Å². The van der Waals surface area contributed by atoms with Crippen LogP contribution in [0.4, 0.5) is 0 Å². The molecule has 20 heavy (non-hydrogen) atoms. The Hall–Kier alpha value is -2.69. The van der Waals surface area contributed by atoms with Gasteiger partial charge < -0.3 is 20.1 Å². The molecule has 3 rings (SSSR count). The summed E-state index contributed by atoms with van der Waals surface area (Å²) in [6.45, 7) is 0. The van der Waals surface area contributed by atoms with Crippen LogP contribution in [0.5, 0.6) is 23.0 Å². The molecule has 2 aromatic rings. The first kappa shape index (κ1) is 12.3. The van der Waals surface area contributed by atoms with Gasteiger partial charge in [0.15, 0.2) is 5.78 Å². The van der Waals surface area contributed by atoms with E-state index in [-0.39, 0.29) is 40.8 Å². The number of carbonyl (C=O) groups is 1. The number of carbonyl (C=O) groups excluding carboxylic acids is 1. The Balaban J connectivity index is 2.00. The molecular weight excluding hydrogens is 266 g/mol. The first-order chi connectivity index (χ1) is 9.54. The molecule has 1 heterocycles. The van der Waals surface area contributed by atoms with Crippen molar-refractivity contribution in [1.82, 2.24) is 0 Å². The highest BCUT2D eigenvalue weighted by Crippen LogP contribution is 2.41. The Bertz CT molecular complexity index is 675. The number of fused-ring (bicyclic) bond motifs is 1. The molecule has 102 valence electrons. The van der Waals surface area contributed by atoms with Gasteiger partial charge in [-0.15, -0.1) is 0 Å². The quantitative estimate of drug-likeness (QED) is 0.746. The second-order valence-electron chi connectivity index (χ2n) is 4.66. The van der Waals surface area contributed by atoms with Crippen LogP contribution in [0.1, 0.15) is 28.4 Å². The number of rotatable bonds is 1.